The van der Waals surface area contributed by atoms with E-state index in [-0.39, 0.29) is 10.7 Å². The molecule has 0 radical (unpaired) electrons. The molecule has 0 saturated carbocycles. The molecule has 0 aliphatic carbocycles. The van der Waals surface area contributed by atoms with Crippen LogP contribution in [0.2, 0.25) is 10.2 Å². The van der Waals surface area contributed by atoms with E-state index in [2.05, 4.69) is 10.3 Å². The fourth-order valence-electron chi connectivity index (χ4n) is 1.36. The maximum absolute atomic E-state index is 13.1. The molecule has 2 rings (SSSR count). The van der Waals surface area contributed by atoms with Crippen molar-refractivity contribution >= 4 is 57.4 Å². The molecular formula is C12H6Cl2FIN2O. The van der Waals surface area contributed by atoms with Crippen LogP contribution in [-0.4, -0.2) is 10.9 Å². The summed E-state index contributed by atoms with van der Waals surface area (Å²) in [5, 5.41) is 3.14. The van der Waals surface area contributed by atoms with Crippen molar-refractivity contribution in [3.05, 3.63) is 55.6 Å². The zero-order valence-electron chi connectivity index (χ0n) is 9.25. The first-order valence-corrected chi connectivity index (χ1v) is 6.88. The summed E-state index contributed by atoms with van der Waals surface area (Å²) in [5.74, 6) is -1.16. The smallest absolute Gasteiger partial charge is 0.258 e. The topological polar surface area (TPSA) is 42.0 Å². The molecule has 1 aromatic carbocycles. The average molecular weight is 411 g/mol. The molecule has 2 aromatic rings. The first-order valence-electron chi connectivity index (χ1n) is 5.05. The summed E-state index contributed by atoms with van der Waals surface area (Å²) in [5.41, 5.74) is 0.544. The SMILES string of the molecule is O=C(Nc1ccc(Cl)cc1I)c1cc(F)cnc1Cl. The third kappa shape index (κ3) is 3.55. The third-order valence-electron chi connectivity index (χ3n) is 2.23. The van der Waals surface area contributed by atoms with E-state index in [4.69, 9.17) is 23.2 Å². The van der Waals surface area contributed by atoms with Crippen molar-refractivity contribution in [1.82, 2.24) is 4.98 Å². The highest BCUT2D eigenvalue weighted by Gasteiger charge is 2.14. The van der Waals surface area contributed by atoms with Crippen molar-refractivity contribution < 1.29 is 9.18 Å². The molecule has 0 bridgehead atoms. The molecule has 7 heteroatoms. The monoisotopic (exact) mass is 410 g/mol. The van der Waals surface area contributed by atoms with E-state index in [1.54, 1.807) is 18.2 Å². The number of hydrogen-bond acceptors (Lipinski definition) is 2. The number of halogens is 4. The number of carbonyl (C=O) groups excluding carboxylic acids is 1. The second kappa shape index (κ2) is 6.02. The molecule has 19 heavy (non-hydrogen) atoms. The molecule has 1 N–H and O–H groups in total. The van der Waals surface area contributed by atoms with Gasteiger partial charge in [0.1, 0.15) is 11.0 Å². The maximum Gasteiger partial charge on any atom is 0.258 e. The van der Waals surface area contributed by atoms with Gasteiger partial charge in [-0.05, 0) is 46.9 Å². The Morgan fingerprint density at radius 1 is 1.32 bits per heavy atom. The van der Waals surface area contributed by atoms with Gasteiger partial charge in [0.2, 0.25) is 0 Å². The predicted octanol–water partition coefficient (Wildman–Crippen LogP) is 4.38. The lowest BCUT2D eigenvalue weighted by Gasteiger charge is -2.08. The van der Waals surface area contributed by atoms with Crippen LogP contribution in [0.15, 0.2) is 30.5 Å². The highest BCUT2D eigenvalue weighted by atomic mass is 127. The van der Waals surface area contributed by atoms with Crippen LogP contribution >= 0.6 is 45.8 Å². The van der Waals surface area contributed by atoms with Gasteiger partial charge in [-0.25, -0.2) is 9.37 Å². The van der Waals surface area contributed by atoms with E-state index >= 15 is 0 Å². The molecule has 98 valence electrons. The van der Waals surface area contributed by atoms with Crippen LogP contribution in [-0.2, 0) is 0 Å². The number of anilines is 1. The fourth-order valence-corrected chi connectivity index (χ4v) is 2.56. The van der Waals surface area contributed by atoms with E-state index in [9.17, 15) is 9.18 Å². The molecule has 0 unspecified atom stereocenters. The van der Waals surface area contributed by atoms with Gasteiger partial charge in [-0.15, -0.1) is 0 Å². The van der Waals surface area contributed by atoms with Crippen LogP contribution in [0.3, 0.4) is 0 Å². The van der Waals surface area contributed by atoms with Gasteiger partial charge in [-0.1, -0.05) is 23.2 Å². The minimum atomic E-state index is -0.625. The summed E-state index contributed by atoms with van der Waals surface area (Å²) in [7, 11) is 0. The minimum absolute atomic E-state index is 0.0209. The first-order chi connectivity index (χ1) is 8.97. The summed E-state index contributed by atoms with van der Waals surface area (Å²) in [6.07, 6.45) is 0.950. The average Bonchev–Trinajstić information content (AvgIpc) is 2.35. The number of nitrogens with zero attached hydrogens (tertiary/aromatic N) is 1. The van der Waals surface area contributed by atoms with Crippen molar-refractivity contribution in [2.45, 2.75) is 0 Å². The maximum atomic E-state index is 13.1. The molecular weight excluding hydrogens is 405 g/mol. The highest BCUT2D eigenvalue weighted by molar-refractivity contribution is 14.1. The van der Waals surface area contributed by atoms with Gasteiger partial charge in [-0.2, -0.15) is 0 Å². The molecule has 3 nitrogen and oxygen atoms in total. The van der Waals surface area contributed by atoms with Gasteiger partial charge in [0.15, 0.2) is 0 Å². The van der Waals surface area contributed by atoms with E-state index in [1.165, 1.54) is 0 Å². The van der Waals surface area contributed by atoms with Crippen LogP contribution in [0.4, 0.5) is 10.1 Å². The molecule has 1 aromatic heterocycles. The van der Waals surface area contributed by atoms with Crippen molar-refractivity contribution in [1.29, 1.82) is 0 Å². The van der Waals surface area contributed by atoms with Crippen molar-refractivity contribution in [3.63, 3.8) is 0 Å². The Hall–Kier alpha value is -0.920. The molecule has 0 saturated heterocycles. The van der Waals surface area contributed by atoms with Gasteiger partial charge in [0.25, 0.3) is 5.91 Å². The number of amides is 1. The van der Waals surface area contributed by atoms with Crippen molar-refractivity contribution in [2.24, 2.45) is 0 Å². The van der Waals surface area contributed by atoms with Crippen LogP contribution in [0, 0.1) is 9.39 Å². The summed E-state index contributed by atoms with van der Waals surface area (Å²) in [6.45, 7) is 0. The predicted molar refractivity (Wildman–Crippen MR) is 81.3 cm³/mol. The van der Waals surface area contributed by atoms with Crippen molar-refractivity contribution in [2.75, 3.05) is 5.32 Å². The van der Waals surface area contributed by atoms with E-state index in [0.29, 0.717) is 10.7 Å². The molecule has 0 fully saturated rings. The normalized spacial score (nSPS) is 10.3. The van der Waals surface area contributed by atoms with Crippen LogP contribution < -0.4 is 5.32 Å². The Kier molecular flexibility index (Phi) is 4.59. The number of aromatic nitrogens is 1. The first kappa shape index (κ1) is 14.5. The van der Waals surface area contributed by atoms with Crippen LogP contribution in [0.5, 0.6) is 0 Å². The zero-order chi connectivity index (χ0) is 14.0. The number of nitrogens with one attached hydrogen (secondary N) is 1. The van der Waals surface area contributed by atoms with E-state index in [0.717, 1.165) is 15.8 Å². The Morgan fingerprint density at radius 2 is 2.05 bits per heavy atom. The Morgan fingerprint density at radius 3 is 2.74 bits per heavy atom. The molecule has 0 spiro atoms. The van der Waals surface area contributed by atoms with Gasteiger partial charge in [0, 0.05) is 8.59 Å². The Balaban J connectivity index is 2.28. The fraction of sp³-hybridized carbons (Fsp3) is 0. The number of hydrogen-bond donors (Lipinski definition) is 1. The lowest BCUT2D eigenvalue weighted by molar-refractivity contribution is 0.102. The van der Waals surface area contributed by atoms with Crippen LogP contribution in [0.25, 0.3) is 0 Å². The second-order valence-corrected chi connectivity index (χ2v) is 5.53. The zero-order valence-corrected chi connectivity index (χ0v) is 12.9. The standard InChI is InChI=1S/C12H6Cl2FIN2O/c13-6-1-2-10(9(16)3-6)18-12(19)8-4-7(15)5-17-11(8)14/h1-5H,(H,18,19). The number of rotatable bonds is 2. The molecule has 1 heterocycles. The molecule has 0 aliphatic heterocycles. The van der Waals surface area contributed by atoms with Gasteiger partial charge >= 0.3 is 0 Å². The summed E-state index contributed by atoms with van der Waals surface area (Å²) in [4.78, 5) is 15.6. The lowest BCUT2D eigenvalue weighted by Crippen LogP contribution is -2.14. The second-order valence-electron chi connectivity index (χ2n) is 3.57. The van der Waals surface area contributed by atoms with E-state index in [1.807, 2.05) is 22.6 Å². The minimum Gasteiger partial charge on any atom is -0.321 e. The Labute approximate surface area is 132 Å². The lowest BCUT2D eigenvalue weighted by atomic mass is 10.2. The number of benzene rings is 1. The largest absolute Gasteiger partial charge is 0.321 e. The molecule has 1 amide bonds. The summed E-state index contributed by atoms with van der Waals surface area (Å²) < 4.78 is 13.8. The van der Waals surface area contributed by atoms with Gasteiger partial charge in [0.05, 0.1) is 17.4 Å². The van der Waals surface area contributed by atoms with E-state index < -0.39 is 11.7 Å². The van der Waals surface area contributed by atoms with Crippen molar-refractivity contribution in [3.8, 4) is 0 Å². The van der Waals surface area contributed by atoms with Gasteiger partial charge in [-0.3, -0.25) is 4.79 Å². The molecule has 0 atom stereocenters. The molecule has 0 aliphatic rings. The number of carbonyl (C=O) groups is 1. The summed E-state index contributed by atoms with van der Waals surface area (Å²) >= 11 is 13.6. The van der Waals surface area contributed by atoms with Gasteiger partial charge < -0.3 is 5.32 Å². The Bertz CT molecular complexity index is 652. The number of pyridine rings is 1. The highest BCUT2D eigenvalue weighted by Crippen LogP contribution is 2.23. The third-order valence-corrected chi connectivity index (χ3v) is 3.66. The summed E-state index contributed by atoms with van der Waals surface area (Å²) in [6, 6.07) is 6.03. The quantitative estimate of drug-likeness (QED) is 0.589. The van der Waals surface area contributed by atoms with Crippen LogP contribution in [0.1, 0.15) is 10.4 Å².